The van der Waals surface area contributed by atoms with E-state index in [1.807, 2.05) is 0 Å². The molecule has 1 aromatic rings. The molecule has 1 aromatic heterocycles. The highest BCUT2D eigenvalue weighted by atomic mass is 127. The molecule has 0 amide bonds. The zero-order valence-corrected chi connectivity index (χ0v) is 20.4. The van der Waals surface area contributed by atoms with E-state index >= 15 is 0 Å². The van der Waals surface area contributed by atoms with Gasteiger partial charge in [-0.3, -0.25) is 4.99 Å². The highest BCUT2D eigenvalue weighted by molar-refractivity contribution is 14.0. The van der Waals surface area contributed by atoms with Crippen molar-refractivity contribution in [1.82, 2.24) is 25.7 Å². The quantitative estimate of drug-likeness (QED) is 0.219. The molecule has 162 valence electrons. The summed E-state index contributed by atoms with van der Waals surface area (Å²) in [7, 11) is 0. The second kappa shape index (κ2) is 14.1. The summed E-state index contributed by atoms with van der Waals surface area (Å²) in [6.45, 7) is 13.6. The summed E-state index contributed by atoms with van der Waals surface area (Å²) in [4.78, 5) is 11.7. The van der Waals surface area contributed by atoms with E-state index in [0.717, 1.165) is 56.7 Å². The predicted molar refractivity (Wildman–Crippen MR) is 126 cm³/mol. The summed E-state index contributed by atoms with van der Waals surface area (Å²) in [5.41, 5.74) is 0. The molecular formula is C20H39IN6O. The summed E-state index contributed by atoms with van der Waals surface area (Å²) < 4.78 is 5.28. The normalized spacial score (nSPS) is 18.2. The summed E-state index contributed by atoms with van der Waals surface area (Å²) >= 11 is 0. The van der Waals surface area contributed by atoms with Gasteiger partial charge < -0.3 is 20.1 Å². The molecule has 1 aliphatic heterocycles. The highest BCUT2D eigenvalue weighted by Crippen LogP contribution is 2.16. The van der Waals surface area contributed by atoms with Crippen molar-refractivity contribution in [2.24, 2.45) is 4.99 Å². The molecular weight excluding hydrogens is 467 g/mol. The van der Waals surface area contributed by atoms with E-state index in [1.165, 1.54) is 32.4 Å². The van der Waals surface area contributed by atoms with Gasteiger partial charge in [0.05, 0.1) is 0 Å². The number of guanidine groups is 1. The zero-order chi connectivity index (χ0) is 19.5. The van der Waals surface area contributed by atoms with E-state index < -0.39 is 0 Å². The van der Waals surface area contributed by atoms with Crippen molar-refractivity contribution < 1.29 is 4.52 Å². The molecule has 1 aliphatic rings. The molecule has 1 unspecified atom stereocenters. The lowest BCUT2D eigenvalue weighted by Crippen LogP contribution is -2.41. The molecule has 0 aliphatic carbocycles. The molecule has 0 aromatic carbocycles. The Balaban J connectivity index is 0.00000392. The number of likely N-dealkylation sites (tertiary alicyclic amines) is 1. The van der Waals surface area contributed by atoms with Crippen LogP contribution in [0.1, 0.15) is 77.4 Å². The van der Waals surface area contributed by atoms with Crippen LogP contribution in [0.2, 0.25) is 0 Å². The van der Waals surface area contributed by atoms with Crippen LogP contribution in [0.4, 0.5) is 0 Å². The fourth-order valence-electron chi connectivity index (χ4n) is 3.35. The van der Waals surface area contributed by atoms with Gasteiger partial charge in [0.1, 0.15) is 0 Å². The number of hydrogen-bond donors (Lipinski definition) is 2. The predicted octanol–water partition coefficient (Wildman–Crippen LogP) is 3.56. The Labute approximate surface area is 187 Å². The first-order valence-corrected chi connectivity index (χ1v) is 10.7. The van der Waals surface area contributed by atoms with E-state index in [0.29, 0.717) is 11.8 Å². The summed E-state index contributed by atoms with van der Waals surface area (Å²) in [5, 5.41) is 10.8. The van der Waals surface area contributed by atoms with E-state index in [9.17, 15) is 0 Å². The molecule has 8 heteroatoms. The first-order valence-electron chi connectivity index (χ1n) is 10.7. The Morgan fingerprint density at radius 2 is 2.11 bits per heavy atom. The Kier molecular flexibility index (Phi) is 12.7. The maximum Gasteiger partial charge on any atom is 0.226 e. The number of nitrogens with zero attached hydrogens (tertiary/aromatic N) is 4. The Morgan fingerprint density at radius 3 is 2.79 bits per heavy atom. The van der Waals surface area contributed by atoms with Crippen molar-refractivity contribution >= 4 is 29.9 Å². The van der Waals surface area contributed by atoms with Crippen molar-refractivity contribution in [2.75, 3.05) is 32.7 Å². The molecule has 1 atom stereocenters. The standard InChI is InChI=1S/C20H38N6O.HI/c1-5-21-20(23-13-9-15-26-14-7-6-10-17(26)4)22-12-8-11-18-24-19(16(2)3)25-27-18;/h16-17H,5-15H2,1-4H3,(H2,21,22,23);1H. The largest absolute Gasteiger partial charge is 0.357 e. The van der Waals surface area contributed by atoms with Gasteiger partial charge >= 0.3 is 0 Å². The van der Waals surface area contributed by atoms with Gasteiger partial charge in [-0.25, -0.2) is 0 Å². The topological polar surface area (TPSA) is 78.6 Å². The van der Waals surface area contributed by atoms with Crippen LogP contribution in [0.5, 0.6) is 0 Å². The lowest BCUT2D eigenvalue weighted by Gasteiger charge is -2.33. The molecule has 1 saturated heterocycles. The molecule has 0 spiro atoms. The van der Waals surface area contributed by atoms with Gasteiger partial charge in [0, 0.05) is 44.6 Å². The number of nitrogens with one attached hydrogen (secondary N) is 2. The number of rotatable bonds is 10. The van der Waals surface area contributed by atoms with Crippen molar-refractivity contribution in [1.29, 1.82) is 0 Å². The number of aliphatic imine (C=N–C) groups is 1. The second-order valence-electron chi connectivity index (χ2n) is 7.73. The average molecular weight is 506 g/mol. The van der Waals surface area contributed by atoms with Crippen molar-refractivity contribution in [2.45, 2.75) is 78.2 Å². The smallest absolute Gasteiger partial charge is 0.226 e. The minimum absolute atomic E-state index is 0. The molecule has 7 nitrogen and oxygen atoms in total. The lowest BCUT2D eigenvalue weighted by atomic mass is 10.0. The molecule has 2 heterocycles. The Bertz CT molecular complexity index is 563. The minimum Gasteiger partial charge on any atom is -0.357 e. The number of halogens is 1. The fraction of sp³-hybridized carbons (Fsp3) is 0.850. The van der Waals surface area contributed by atoms with Crippen LogP contribution in [0, 0.1) is 0 Å². The first-order chi connectivity index (χ1) is 13.1. The third-order valence-corrected chi connectivity index (χ3v) is 5.02. The molecule has 0 radical (unpaired) electrons. The summed E-state index contributed by atoms with van der Waals surface area (Å²) in [6.07, 6.45) is 6.90. The van der Waals surface area contributed by atoms with E-state index in [4.69, 9.17) is 4.52 Å². The SMILES string of the molecule is CCNC(=NCCCc1nc(C(C)C)no1)NCCCN1CCCCC1C.I. The van der Waals surface area contributed by atoms with Gasteiger partial charge in [-0.1, -0.05) is 25.4 Å². The monoisotopic (exact) mass is 506 g/mol. The summed E-state index contributed by atoms with van der Waals surface area (Å²) in [5.74, 6) is 2.70. The van der Waals surface area contributed by atoms with Gasteiger partial charge in [-0.15, -0.1) is 24.0 Å². The Morgan fingerprint density at radius 1 is 1.29 bits per heavy atom. The molecule has 0 saturated carbocycles. The van der Waals surface area contributed by atoms with Gasteiger partial charge in [-0.05, 0) is 46.1 Å². The second-order valence-corrected chi connectivity index (χ2v) is 7.73. The molecule has 2 N–H and O–H groups in total. The van der Waals surface area contributed by atoms with Crippen molar-refractivity contribution in [3.05, 3.63) is 11.7 Å². The Hall–Kier alpha value is -0.900. The van der Waals surface area contributed by atoms with E-state index in [2.05, 4.69) is 58.4 Å². The zero-order valence-electron chi connectivity index (χ0n) is 18.0. The van der Waals surface area contributed by atoms with Gasteiger partial charge in [-0.2, -0.15) is 4.98 Å². The molecule has 1 fully saturated rings. The van der Waals surface area contributed by atoms with Crippen LogP contribution in [0.3, 0.4) is 0 Å². The highest BCUT2D eigenvalue weighted by Gasteiger charge is 2.17. The van der Waals surface area contributed by atoms with Crippen molar-refractivity contribution in [3.8, 4) is 0 Å². The molecule has 2 rings (SSSR count). The maximum absolute atomic E-state index is 5.28. The van der Waals surface area contributed by atoms with Gasteiger partial charge in [0.15, 0.2) is 11.8 Å². The molecule has 28 heavy (non-hydrogen) atoms. The number of aryl methyl sites for hydroxylation is 1. The fourth-order valence-corrected chi connectivity index (χ4v) is 3.35. The van der Waals surface area contributed by atoms with Crippen LogP contribution < -0.4 is 10.6 Å². The van der Waals surface area contributed by atoms with Gasteiger partial charge in [0.2, 0.25) is 5.89 Å². The van der Waals surface area contributed by atoms with Crippen LogP contribution in [-0.4, -0.2) is 59.8 Å². The number of hydrogen-bond acceptors (Lipinski definition) is 5. The first kappa shape index (κ1) is 25.1. The lowest BCUT2D eigenvalue weighted by molar-refractivity contribution is 0.159. The third kappa shape index (κ3) is 9.07. The molecule has 0 bridgehead atoms. The average Bonchev–Trinajstić information content (AvgIpc) is 3.13. The van der Waals surface area contributed by atoms with Gasteiger partial charge in [0.25, 0.3) is 0 Å². The number of piperidine rings is 1. The van der Waals surface area contributed by atoms with Crippen LogP contribution >= 0.6 is 24.0 Å². The van der Waals surface area contributed by atoms with E-state index in [-0.39, 0.29) is 24.0 Å². The van der Waals surface area contributed by atoms with Crippen LogP contribution in [0.15, 0.2) is 9.52 Å². The van der Waals surface area contributed by atoms with E-state index in [1.54, 1.807) is 0 Å². The third-order valence-electron chi connectivity index (χ3n) is 5.02. The van der Waals surface area contributed by atoms with Crippen LogP contribution in [0.25, 0.3) is 0 Å². The minimum atomic E-state index is 0. The summed E-state index contributed by atoms with van der Waals surface area (Å²) in [6, 6.07) is 0.738. The number of aromatic nitrogens is 2. The van der Waals surface area contributed by atoms with Crippen molar-refractivity contribution in [3.63, 3.8) is 0 Å². The maximum atomic E-state index is 5.28. The van der Waals surface area contributed by atoms with Crippen LogP contribution in [-0.2, 0) is 6.42 Å².